The van der Waals surface area contributed by atoms with Gasteiger partial charge in [-0.25, -0.2) is 5.43 Å². The van der Waals surface area contributed by atoms with Crippen LogP contribution < -0.4 is 16.5 Å². The van der Waals surface area contributed by atoms with Crippen LogP contribution in [0.1, 0.15) is 6.42 Å². The monoisotopic (exact) mass is 180 g/mol. The van der Waals surface area contributed by atoms with Gasteiger partial charge in [-0.05, 0) is 6.42 Å². The van der Waals surface area contributed by atoms with Crippen molar-refractivity contribution in [3.8, 4) is 0 Å². The van der Waals surface area contributed by atoms with Crippen molar-refractivity contribution in [2.45, 2.75) is 6.42 Å². The van der Waals surface area contributed by atoms with E-state index in [-0.39, 0.29) is 5.91 Å². The zero-order valence-electron chi connectivity index (χ0n) is 7.21. The first kappa shape index (κ1) is 8.28. The zero-order chi connectivity index (χ0) is 9.26. The van der Waals surface area contributed by atoms with Crippen LogP contribution in [0.5, 0.6) is 0 Å². The van der Waals surface area contributed by atoms with E-state index in [1.54, 1.807) is 6.20 Å². The molecule has 4 N–H and O–H groups in total. The van der Waals surface area contributed by atoms with E-state index in [9.17, 15) is 4.79 Å². The van der Waals surface area contributed by atoms with E-state index in [4.69, 9.17) is 5.73 Å². The number of nitrogens with one attached hydrogen (secondary N) is 2. The van der Waals surface area contributed by atoms with Crippen molar-refractivity contribution in [3.05, 3.63) is 23.5 Å². The number of amides is 1. The predicted molar refractivity (Wildman–Crippen MR) is 47.8 cm³/mol. The fourth-order valence-electron chi connectivity index (χ4n) is 1.42. The standard InChI is InChI=1S/C8H12N4O/c9-8(13)6-1-2-7-3-10-5-11-12(7)4-6/h2,4,10-11H,1,3,5H2,(H2,9,13). The number of hydrogen-bond acceptors (Lipinski definition) is 4. The van der Waals surface area contributed by atoms with Gasteiger partial charge in [-0.15, -0.1) is 0 Å². The van der Waals surface area contributed by atoms with Crippen LogP contribution in [0, 0.1) is 0 Å². The molecule has 2 aliphatic rings. The molecule has 2 rings (SSSR count). The van der Waals surface area contributed by atoms with Crippen LogP contribution >= 0.6 is 0 Å². The number of nitrogens with two attached hydrogens (primary N) is 1. The Morgan fingerprint density at radius 2 is 2.46 bits per heavy atom. The molecule has 1 amide bonds. The van der Waals surface area contributed by atoms with Crippen LogP contribution in [0.15, 0.2) is 23.5 Å². The summed E-state index contributed by atoms with van der Waals surface area (Å²) in [5, 5.41) is 5.01. The normalized spacial score (nSPS) is 21.7. The summed E-state index contributed by atoms with van der Waals surface area (Å²) in [6.07, 6.45) is 4.39. The van der Waals surface area contributed by atoms with Crippen LogP contribution in [0.4, 0.5) is 0 Å². The number of fused-ring (bicyclic) bond motifs is 1. The Kier molecular flexibility index (Phi) is 2.03. The lowest BCUT2D eigenvalue weighted by Gasteiger charge is -2.32. The Balaban J connectivity index is 2.16. The summed E-state index contributed by atoms with van der Waals surface area (Å²) in [5.41, 5.74) is 10.0. The average Bonchev–Trinajstić information content (AvgIpc) is 2.17. The molecule has 0 aromatic heterocycles. The maximum atomic E-state index is 10.9. The van der Waals surface area contributed by atoms with Gasteiger partial charge in [-0.1, -0.05) is 6.08 Å². The molecule has 70 valence electrons. The van der Waals surface area contributed by atoms with Gasteiger partial charge in [0.15, 0.2) is 0 Å². The summed E-state index contributed by atoms with van der Waals surface area (Å²) in [5.74, 6) is -0.351. The fourth-order valence-corrected chi connectivity index (χ4v) is 1.42. The highest BCUT2D eigenvalue weighted by molar-refractivity contribution is 5.92. The van der Waals surface area contributed by atoms with Crippen LogP contribution in [0.3, 0.4) is 0 Å². The van der Waals surface area contributed by atoms with E-state index >= 15 is 0 Å². The third-order valence-electron chi connectivity index (χ3n) is 2.15. The van der Waals surface area contributed by atoms with Crippen LogP contribution in [-0.4, -0.2) is 24.1 Å². The van der Waals surface area contributed by atoms with E-state index in [1.165, 1.54) is 0 Å². The number of primary amides is 1. The van der Waals surface area contributed by atoms with Crippen molar-refractivity contribution in [3.63, 3.8) is 0 Å². The maximum Gasteiger partial charge on any atom is 0.246 e. The molecule has 5 heteroatoms. The zero-order valence-corrected chi connectivity index (χ0v) is 7.21. The second-order valence-electron chi connectivity index (χ2n) is 3.05. The SMILES string of the molecule is NC(=O)C1=CN2NCNCC2=CC1. The van der Waals surface area contributed by atoms with Crippen molar-refractivity contribution < 1.29 is 4.79 Å². The van der Waals surface area contributed by atoms with Gasteiger partial charge in [0.1, 0.15) is 0 Å². The number of rotatable bonds is 1. The summed E-state index contributed by atoms with van der Waals surface area (Å²) in [6.45, 7) is 1.54. The number of nitrogens with zero attached hydrogens (tertiary/aromatic N) is 1. The first-order valence-corrected chi connectivity index (χ1v) is 4.20. The molecule has 0 saturated carbocycles. The second-order valence-corrected chi connectivity index (χ2v) is 3.05. The highest BCUT2D eigenvalue weighted by Crippen LogP contribution is 2.16. The third-order valence-corrected chi connectivity index (χ3v) is 2.15. The van der Waals surface area contributed by atoms with Gasteiger partial charge in [0, 0.05) is 24.0 Å². The summed E-state index contributed by atoms with van der Waals surface area (Å²) >= 11 is 0. The van der Waals surface area contributed by atoms with Crippen molar-refractivity contribution in [2.24, 2.45) is 5.73 Å². The van der Waals surface area contributed by atoms with E-state index in [1.807, 2.05) is 11.1 Å². The highest BCUT2D eigenvalue weighted by Gasteiger charge is 2.18. The summed E-state index contributed by atoms with van der Waals surface area (Å²) in [4.78, 5) is 10.9. The number of carbonyl (C=O) groups excluding carboxylic acids is 1. The fraction of sp³-hybridized carbons (Fsp3) is 0.375. The average molecular weight is 180 g/mol. The van der Waals surface area contributed by atoms with Gasteiger partial charge >= 0.3 is 0 Å². The van der Waals surface area contributed by atoms with Gasteiger partial charge in [-0.2, -0.15) is 0 Å². The second kappa shape index (κ2) is 3.20. The molecule has 13 heavy (non-hydrogen) atoms. The van der Waals surface area contributed by atoms with Crippen LogP contribution in [-0.2, 0) is 4.79 Å². The smallest absolute Gasteiger partial charge is 0.246 e. The minimum Gasteiger partial charge on any atom is -0.366 e. The molecular formula is C8H12N4O. The molecule has 2 aliphatic heterocycles. The lowest BCUT2D eigenvalue weighted by molar-refractivity contribution is -0.114. The van der Waals surface area contributed by atoms with Gasteiger partial charge in [0.05, 0.1) is 6.67 Å². The molecule has 0 bridgehead atoms. The minimum absolute atomic E-state index is 0.351. The third kappa shape index (κ3) is 1.56. The van der Waals surface area contributed by atoms with Gasteiger partial charge in [0.2, 0.25) is 5.91 Å². The molecule has 1 fully saturated rings. The number of allylic oxidation sites excluding steroid dienone is 1. The van der Waals surface area contributed by atoms with Crippen molar-refractivity contribution in [2.75, 3.05) is 13.2 Å². The molecule has 1 saturated heterocycles. The molecule has 0 aliphatic carbocycles. The first-order valence-electron chi connectivity index (χ1n) is 4.20. The topological polar surface area (TPSA) is 70.4 Å². The van der Waals surface area contributed by atoms with Crippen LogP contribution in [0.2, 0.25) is 0 Å². The summed E-state index contributed by atoms with van der Waals surface area (Å²) in [6, 6.07) is 0. The molecular weight excluding hydrogens is 168 g/mol. The van der Waals surface area contributed by atoms with Gasteiger partial charge < -0.3 is 5.73 Å². The lowest BCUT2D eigenvalue weighted by atomic mass is 10.1. The molecule has 0 spiro atoms. The highest BCUT2D eigenvalue weighted by atomic mass is 16.1. The minimum atomic E-state index is -0.351. The van der Waals surface area contributed by atoms with E-state index in [2.05, 4.69) is 10.7 Å². The molecule has 0 unspecified atom stereocenters. The van der Waals surface area contributed by atoms with E-state index in [0.717, 1.165) is 12.2 Å². The molecule has 5 nitrogen and oxygen atoms in total. The van der Waals surface area contributed by atoms with Gasteiger partial charge in [0.25, 0.3) is 0 Å². The summed E-state index contributed by atoms with van der Waals surface area (Å²) < 4.78 is 0. The largest absolute Gasteiger partial charge is 0.366 e. The molecule has 0 aromatic carbocycles. The Morgan fingerprint density at radius 1 is 1.62 bits per heavy atom. The number of hydrazine groups is 1. The van der Waals surface area contributed by atoms with Gasteiger partial charge in [-0.3, -0.25) is 15.1 Å². The molecule has 0 radical (unpaired) electrons. The summed E-state index contributed by atoms with van der Waals surface area (Å²) in [7, 11) is 0. The Morgan fingerprint density at radius 3 is 3.23 bits per heavy atom. The van der Waals surface area contributed by atoms with E-state index < -0.39 is 0 Å². The number of carbonyl (C=O) groups is 1. The lowest BCUT2D eigenvalue weighted by Crippen LogP contribution is -2.49. The Labute approximate surface area is 76.2 Å². The quantitative estimate of drug-likeness (QED) is 0.484. The molecule has 2 heterocycles. The van der Waals surface area contributed by atoms with E-state index in [0.29, 0.717) is 18.7 Å². The molecule has 0 aromatic rings. The first-order chi connectivity index (χ1) is 6.27. The predicted octanol–water partition coefficient (Wildman–Crippen LogP) is -0.990. The number of hydrogen-bond donors (Lipinski definition) is 3. The van der Waals surface area contributed by atoms with Crippen molar-refractivity contribution in [1.82, 2.24) is 15.8 Å². The Bertz CT molecular complexity index is 295. The maximum absolute atomic E-state index is 10.9. The van der Waals surface area contributed by atoms with Crippen molar-refractivity contribution in [1.29, 1.82) is 0 Å². The van der Waals surface area contributed by atoms with Crippen LogP contribution in [0.25, 0.3) is 0 Å². The molecule has 0 atom stereocenters. The Hall–Kier alpha value is -1.33. The van der Waals surface area contributed by atoms with Crippen molar-refractivity contribution >= 4 is 5.91 Å².